The van der Waals surface area contributed by atoms with Crippen molar-refractivity contribution >= 4 is 16.6 Å². The summed E-state index contributed by atoms with van der Waals surface area (Å²) in [6.45, 7) is 1.66. The van der Waals surface area contributed by atoms with Crippen molar-refractivity contribution in [2.24, 2.45) is 0 Å². The number of hydrogen-bond donors (Lipinski definition) is 0. The van der Waals surface area contributed by atoms with Crippen LogP contribution in [0.5, 0.6) is 0 Å². The molecule has 0 radical (unpaired) electrons. The Labute approximate surface area is 117 Å². The molecule has 102 valence electrons. The molecule has 1 atom stereocenters. The molecular formula is C17H16FNO. The number of rotatable bonds is 1. The lowest BCUT2D eigenvalue weighted by molar-refractivity contribution is -0.121. The molecule has 0 spiro atoms. The second-order valence-corrected chi connectivity index (χ2v) is 5.77. The van der Waals surface area contributed by atoms with Crippen LogP contribution in [0.2, 0.25) is 0 Å². The number of halogens is 1. The van der Waals surface area contributed by atoms with Crippen molar-refractivity contribution in [3.8, 4) is 0 Å². The van der Waals surface area contributed by atoms with Crippen molar-refractivity contribution in [1.82, 2.24) is 4.90 Å². The molecule has 1 saturated heterocycles. The van der Waals surface area contributed by atoms with Gasteiger partial charge in [0.1, 0.15) is 11.6 Å². The molecule has 0 aromatic heterocycles. The largest absolute Gasteiger partial charge is 0.300 e. The maximum Gasteiger partial charge on any atom is 0.135 e. The highest BCUT2D eigenvalue weighted by molar-refractivity contribution is 5.92. The molecule has 0 N–H and O–H groups in total. The summed E-state index contributed by atoms with van der Waals surface area (Å²) in [4.78, 5) is 13.8. The fourth-order valence-electron chi connectivity index (χ4n) is 3.65. The van der Waals surface area contributed by atoms with E-state index >= 15 is 0 Å². The van der Waals surface area contributed by atoms with Gasteiger partial charge >= 0.3 is 0 Å². The van der Waals surface area contributed by atoms with Crippen molar-refractivity contribution < 1.29 is 9.18 Å². The van der Waals surface area contributed by atoms with Crippen LogP contribution < -0.4 is 0 Å². The second kappa shape index (κ2) is 4.38. The molecule has 1 unspecified atom stereocenters. The van der Waals surface area contributed by atoms with Crippen LogP contribution in [0.1, 0.15) is 30.0 Å². The van der Waals surface area contributed by atoms with E-state index in [0.29, 0.717) is 24.7 Å². The third-order valence-electron chi connectivity index (χ3n) is 4.67. The Balaban J connectivity index is 1.78. The highest BCUT2D eigenvalue weighted by Crippen LogP contribution is 2.41. The van der Waals surface area contributed by atoms with Gasteiger partial charge in [0.15, 0.2) is 0 Å². The number of Topliss-reactive ketones (excluding diaryl/α,β-unsaturated/α-hetero) is 1. The first-order valence-electron chi connectivity index (χ1n) is 7.20. The van der Waals surface area contributed by atoms with Gasteiger partial charge in [0, 0.05) is 37.4 Å². The fraction of sp³-hybridized carbons (Fsp3) is 0.353. The molecule has 1 aliphatic carbocycles. The quantitative estimate of drug-likeness (QED) is 0.792. The number of ketones is 1. The summed E-state index contributed by atoms with van der Waals surface area (Å²) in [6.07, 6.45) is 2.23. The minimum Gasteiger partial charge on any atom is -0.300 e. The first kappa shape index (κ1) is 12.0. The number of carbonyl (C=O) groups is 1. The topological polar surface area (TPSA) is 20.3 Å². The minimum absolute atomic E-state index is 0.139. The predicted octanol–water partition coefficient (Wildman–Crippen LogP) is 3.24. The van der Waals surface area contributed by atoms with Gasteiger partial charge < -0.3 is 0 Å². The van der Waals surface area contributed by atoms with Crippen LogP contribution >= 0.6 is 0 Å². The lowest BCUT2D eigenvalue weighted by Gasteiger charge is -2.32. The van der Waals surface area contributed by atoms with E-state index in [2.05, 4.69) is 11.0 Å². The Morgan fingerprint density at radius 2 is 1.90 bits per heavy atom. The Bertz CT molecular complexity index is 699. The zero-order valence-electron chi connectivity index (χ0n) is 11.2. The van der Waals surface area contributed by atoms with Gasteiger partial charge in [-0.15, -0.1) is 0 Å². The van der Waals surface area contributed by atoms with Crippen LogP contribution in [0.15, 0.2) is 30.3 Å². The van der Waals surface area contributed by atoms with Gasteiger partial charge in [-0.3, -0.25) is 9.69 Å². The third kappa shape index (κ3) is 1.70. The molecule has 2 aromatic carbocycles. The number of likely N-dealkylation sites (tertiary alicyclic amines) is 1. The first-order valence-corrected chi connectivity index (χ1v) is 7.20. The monoisotopic (exact) mass is 269 g/mol. The lowest BCUT2D eigenvalue weighted by Crippen LogP contribution is -2.36. The lowest BCUT2D eigenvalue weighted by atomic mass is 10.0. The Morgan fingerprint density at radius 1 is 1.10 bits per heavy atom. The first-order chi connectivity index (χ1) is 9.74. The number of nitrogens with zero attached hydrogens (tertiary/aromatic N) is 1. The van der Waals surface area contributed by atoms with Gasteiger partial charge in [-0.1, -0.05) is 24.3 Å². The Hall–Kier alpha value is -1.74. The van der Waals surface area contributed by atoms with E-state index in [-0.39, 0.29) is 5.82 Å². The van der Waals surface area contributed by atoms with Gasteiger partial charge in [0.2, 0.25) is 0 Å². The molecule has 0 amide bonds. The molecule has 4 rings (SSSR count). The zero-order chi connectivity index (χ0) is 13.7. The SMILES string of the molecule is O=C1CCN(C2Cc3ccc(F)c4cccc2c34)CC1. The van der Waals surface area contributed by atoms with Crippen LogP contribution in [-0.4, -0.2) is 23.8 Å². The van der Waals surface area contributed by atoms with Gasteiger partial charge in [0.25, 0.3) is 0 Å². The van der Waals surface area contributed by atoms with Crippen molar-refractivity contribution in [3.63, 3.8) is 0 Å². The van der Waals surface area contributed by atoms with E-state index in [0.717, 1.165) is 30.3 Å². The van der Waals surface area contributed by atoms with E-state index in [4.69, 9.17) is 0 Å². The molecule has 3 heteroatoms. The van der Waals surface area contributed by atoms with E-state index in [1.807, 2.05) is 18.2 Å². The minimum atomic E-state index is -0.139. The standard InChI is InChI=1S/C17H16FNO/c18-15-5-4-11-10-16(19-8-6-12(20)7-9-19)14-3-1-2-13(15)17(11)14/h1-5,16H,6-10H2. The average Bonchev–Trinajstić information content (AvgIpc) is 2.84. The molecular weight excluding hydrogens is 253 g/mol. The zero-order valence-corrected chi connectivity index (χ0v) is 11.2. The van der Waals surface area contributed by atoms with Crippen LogP contribution in [0.25, 0.3) is 10.8 Å². The highest BCUT2D eigenvalue weighted by Gasteiger charge is 2.31. The molecule has 1 aliphatic heterocycles. The van der Waals surface area contributed by atoms with Crippen molar-refractivity contribution in [1.29, 1.82) is 0 Å². The maximum atomic E-state index is 13.9. The highest BCUT2D eigenvalue weighted by atomic mass is 19.1. The molecule has 20 heavy (non-hydrogen) atoms. The van der Waals surface area contributed by atoms with Crippen LogP contribution in [0, 0.1) is 5.82 Å². The fourth-order valence-corrected chi connectivity index (χ4v) is 3.65. The summed E-state index contributed by atoms with van der Waals surface area (Å²) in [5.41, 5.74) is 2.46. The van der Waals surface area contributed by atoms with E-state index < -0.39 is 0 Å². The van der Waals surface area contributed by atoms with Crippen molar-refractivity contribution in [2.45, 2.75) is 25.3 Å². The normalized spacial score (nSPS) is 22.6. The van der Waals surface area contributed by atoms with E-state index in [9.17, 15) is 9.18 Å². The Morgan fingerprint density at radius 3 is 2.70 bits per heavy atom. The van der Waals surface area contributed by atoms with E-state index in [1.165, 1.54) is 11.1 Å². The smallest absolute Gasteiger partial charge is 0.135 e. The number of hydrogen-bond acceptors (Lipinski definition) is 2. The van der Waals surface area contributed by atoms with Crippen LogP contribution in [-0.2, 0) is 11.2 Å². The summed E-state index contributed by atoms with van der Waals surface area (Å²) in [6, 6.07) is 9.71. The molecule has 1 fully saturated rings. The summed E-state index contributed by atoms with van der Waals surface area (Å²) in [5.74, 6) is 0.223. The molecule has 2 nitrogen and oxygen atoms in total. The van der Waals surface area contributed by atoms with Crippen molar-refractivity contribution in [2.75, 3.05) is 13.1 Å². The van der Waals surface area contributed by atoms with Gasteiger partial charge in [-0.25, -0.2) is 4.39 Å². The van der Waals surface area contributed by atoms with Crippen molar-refractivity contribution in [3.05, 3.63) is 47.3 Å². The van der Waals surface area contributed by atoms with Gasteiger partial charge in [-0.05, 0) is 29.0 Å². The van der Waals surface area contributed by atoms with Crippen LogP contribution in [0.4, 0.5) is 4.39 Å². The molecule has 2 aliphatic rings. The second-order valence-electron chi connectivity index (χ2n) is 5.77. The van der Waals surface area contributed by atoms with E-state index in [1.54, 1.807) is 6.07 Å². The van der Waals surface area contributed by atoms with Gasteiger partial charge in [0.05, 0.1) is 0 Å². The summed E-state index contributed by atoms with van der Waals surface area (Å²) in [7, 11) is 0. The number of piperidine rings is 1. The molecule has 0 saturated carbocycles. The number of carbonyl (C=O) groups excluding carboxylic acids is 1. The molecule has 2 aromatic rings. The summed E-state index contributed by atoms with van der Waals surface area (Å²) >= 11 is 0. The Kier molecular flexibility index (Phi) is 2.64. The third-order valence-corrected chi connectivity index (χ3v) is 4.67. The number of benzene rings is 2. The summed E-state index contributed by atoms with van der Waals surface area (Å²) in [5, 5.41) is 1.82. The molecule has 1 heterocycles. The predicted molar refractivity (Wildman–Crippen MR) is 76.2 cm³/mol. The van der Waals surface area contributed by atoms with Crippen LogP contribution in [0.3, 0.4) is 0 Å². The summed E-state index contributed by atoms with van der Waals surface area (Å²) < 4.78 is 13.9. The van der Waals surface area contributed by atoms with Gasteiger partial charge in [-0.2, -0.15) is 0 Å². The average molecular weight is 269 g/mol. The molecule has 0 bridgehead atoms. The maximum absolute atomic E-state index is 13.9.